The van der Waals surface area contributed by atoms with Gasteiger partial charge in [-0.1, -0.05) is 23.7 Å². The van der Waals surface area contributed by atoms with Crippen molar-refractivity contribution in [1.29, 1.82) is 0 Å². The highest BCUT2D eigenvalue weighted by Crippen LogP contribution is 2.38. The van der Waals surface area contributed by atoms with Gasteiger partial charge in [0, 0.05) is 5.02 Å². The molecule has 0 aromatic heterocycles. The Morgan fingerprint density at radius 3 is 2.84 bits per heavy atom. The van der Waals surface area contributed by atoms with E-state index in [1.165, 1.54) is 12.1 Å². The molecule has 0 saturated heterocycles. The minimum Gasteiger partial charge on any atom is -0.481 e. The van der Waals surface area contributed by atoms with Crippen LogP contribution in [0.4, 0.5) is 10.1 Å². The normalized spacial score (nSPS) is 21.2. The van der Waals surface area contributed by atoms with Crippen LogP contribution in [0.2, 0.25) is 5.02 Å². The van der Waals surface area contributed by atoms with E-state index in [0.29, 0.717) is 5.02 Å². The van der Waals surface area contributed by atoms with Crippen LogP contribution in [0.25, 0.3) is 0 Å². The number of benzene rings is 2. The number of ether oxygens (including phenoxy) is 1. The topological polar surface area (TPSA) is 21.3 Å². The van der Waals surface area contributed by atoms with Crippen LogP contribution in [0.5, 0.6) is 5.75 Å². The van der Waals surface area contributed by atoms with Crippen molar-refractivity contribution in [2.24, 2.45) is 0 Å². The fourth-order valence-corrected chi connectivity index (χ4v) is 2.49. The molecule has 19 heavy (non-hydrogen) atoms. The molecular formula is C15H13ClFNO. The molecule has 0 aliphatic carbocycles. The van der Waals surface area contributed by atoms with Gasteiger partial charge in [-0.2, -0.15) is 0 Å². The Bertz CT molecular complexity index is 617. The van der Waals surface area contributed by atoms with Gasteiger partial charge in [0.2, 0.25) is 0 Å². The van der Waals surface area contributed by atoms with E-state index in [4.69, 9.17) is 16.3 Å². The van der Waals surface area contributed by atoms with Crippen LogP contribution in [0.3, 0.4) is 0 Å². The van der Waals surface area contributed by atoms with Crippen LogP contribution in [-0.2, 0) is 0 Å². The number of nitrogens with one attached hydrogen (secondary N) is 1. The van der Waals surface area contributed by atoms with Gasteiger partial charge in [-0.25, -0.2) is 4.39 Å². The summed E-state index contributed by atoms with van der Waals surface area (Å²) in [6.45, 7) is 2.00. The van der Waals surface area contributed by atoms with Crippen LogP contribution < -0.4 is 10.1 Å². The third-order valence-corrected chi connectivity index (χ3v) is 3.45. The fourth-order valence-electron chi connectivity index (χ4n) is 2.32. The molecule has 0 amide bonds. The molecule has 2 nitrogen and oxygen atoms in total. The Hall–Kier alpha value is -1.74. The Labute approximate surface area is 116 Å². The molecule has 0 bridgehead atoms. The highest BCUT2D eigenvalue weighted by molar-refractivity contribution is 6.30. The number of halogens is 2. The maximum Gasteiger partial charge on any atom is 0.144 e. The standard InChI is InChI=1S/C15H13ClFNO/c1-9-15(10-3-2-4-12(17)7-10)19-14-6-5-11(16)8-13(14)18-9/h2-9,15,18H,1H3. The lowest BCUT2D eigenvalue weighted by atomic mass is 10.0. The van der Waals surface area contributed by atoms with Gasteiger partial charge in [-0.3, -0.25) is 0 Å². The lowest BCUT2D eigenvalue weighted by Gasteiger charge is -2.33. The Kier molecular flexibility index (Phi) is 3.07. The summed E-state index contributed by atoms with van der Waals surface area (Å²) >= 11 is 5.95. The van der Waals surface area contributed by atoms with E-state index in [9.17, 15) is 4.39 Å². The van der Waals surface area contributed by atoms with Crippen molar-refractivity contribution >= 4 is 17.3 Å². The zero-order valence-electron chi connectivity index (χ0n) is 10.4. The second-order valence-corrected chi connectivity index (χ2v) is 5.10. The summed E-state index contributed by atoms with van der Waals surface area (Å²) in [4.78, 5) is 0. The number of fused-ring (bicyclic) bond motifs is 1. The molecule has 98 valence electrons. The summed E-state index contributed by atoms with van der Waals surface area (Å²) in [7, 11) is 0. The number of hydrogen-bond acceptors (Lipinski definition) is 2. The summed E-state index contributed by atoms with van der Waals surface area (Å²) < 4.78 is 19.3. The first-order chi connectivity index (χ1) is 9.13. The third kappa shape index (κ3) is 2.38. The molecule has 1 N–H and O–H groups in total. The monoisotopic (exact) mass is 277 g/mol. The smallest absolute Gasteiger partial charge is 0.144 e. The minimum absolute atomic E-state index is 0.0350. The Balaban J connectivity index is 1.95. The first-order valence-corrected chi connectivity index (χ1v) is 6.49. The molecule has 1 aliphatic heterocycles. The molecule has 1 heterocycles. The van der Waals surface area contributed by atoms with E-state index in [0.717, 1.165) is 17.0 Å². The second kappa shape index (κ2) is 4.74. The van der Waals surface area contributed by atoms with Crippen LogP contribution in [-0.4, -0.2) is 6.04 Å². The van der Waals surface area contributed by atoms with Crippen molar-refractivity contribution in [2.75, 3.05) is 5.32 Å². The minimum atomic E-state index is -0.254. The van der Waals surface area contributed by atoms with Crippen LogP contribution >= 0.6 is 11.6 Å². The maximum atomic E-state index is 13.3. The van der Waals surface area contributed by atoms with Crippen LogP contribution in [0.1, 0.15) is 18.6 Å². The van der Waals surface area contributed by atoms with Gasteiger partial charge in [0.15, 0.2) is 0 Å². The van der Waals surface area contributed by atoms with E-state index >= 15 is 0 Å². The van der Waals surface area contributed by atoms with Crippen molar-refractivity contribution < 1.29 is 9.13 Å². The zero-order valence-corrected chi connectivity index (χ0v) is 11.1. The molecule has 4 heteroatoms. The average molecular weight is 278 g/mol. The van der Waals surface area contributed by atoms with Crippen molar-refractivity contribution in [3.05, 3.63) is 58.9 Å². The summed E-state index contributed by atoms with van der Waals surface area (Å²) in [5.74, 6) is 0.479. The third-order valence-electron chi connectivity index (χ3n) is 3.21. The highest BCUT2D eigenvalue weighted by Gasteiger charge is 2.27. The van der Waals surface area contributed by atoms with Crippen molar-refractivity contribution in [2.45, 2.75) is 19.1 Å². The van der Waals surface area contributed by atoms with E-state index in [2.05, 4.69) is 5.32 Å². The number of rotatable bonds is 1. The van der Waals surface area contributed by atoms with Gasteiger partial charge in [-0.15, -0.1) is 0 Å². The Morgan fingerprint density at radius 1 is 1.21 bits per heavy atom. The summed E-state index contributed by atoms with van der Waals surface area (Å²) in [5, 5.41) is 4.00. The van der Waals surface area contributed by atoms with E-state index < -0.39 is 0 Å². The lowest BCUT2D eigenvalue weighted by Crippen LogP contribution is -2.32. The molecule has 2 unspecified atom stereocenters. The second-order valence-electron chi connectivity index (χ2n) is 4.67. The average Bonchev–Trinajstić information content (AvgIpc) is 2.37. The van der Waals surface area contributed by atoms with Gasteiger partial charge in [0.05, 0.1) is 11.7 Å². The van der Waals surface area contributed by atoms with Gasteiger partial charge >= 0.3 is 0 Å². The van der Waals surface area contributed by atoms with E-state index in [1.54, 1.807) is 12.1 Å². The van der Waals surface area contributed by atoms with Crippen molar-refractivity contribution in [3.8, 4) is 5.75 Å². The lowest BCUT2D eigenvalue weighted by molar-refractivity contribution is 0.177. The molecule has 2 atom stereocenters. The summed E-state index contributed by atoms with van der Waals surface area (Å²) in [5.41, 5.74) is 1.69. The molecule has 3 rings (SSSR count). The molecule has 1 aliphatic rings. The van der Waals surface area contributed by atoms with Gasteiger partial charge in [0.25, 0.3) is 0 Å². The summed E-state index contributed by atoms with van der Waals surface area (Å²) in [6.07, 6.45) is -0.218. The molecule has 0 fully saturated rings. The predicted octanol–water partition coefficient (Wildman–Crippen LogP) is 4.41. The molecule has 0 radical (unpaired) electrons. The number of hydrogen-bond donors (Lipinski definition) is 1. The highest BCUT2D eigenvalue weighted by atomic mass is 35.5. The van der Waals surface area contributed by atoms with Gasteiger partial charge < -0.3 is 10.1 Å². The van der Waals surface area contributed by atoms with E-state index in [1.807, 2.05) is 25.1 Å². The molecule has 2 aromatic carbocycles. The molecular weight excluding hydrogens is 265 g/mol. The van der Waals surface area contributed by atoms with Gasteiger partial charge in [0.1, 0.15) is 17.7 Å². The molecule has 2 aromatic rings. The molecule has 0 saturated carbocycles. The van der Waals surface area contributed by atoms with Gasteiger partial charge in [-0.05, 0) is 42.8 Å². The number of anilines is 1. The SMILES string of the molecule is CC1Nc2cc(Cl)ccc2OC1c1cccc(F)c1. The van der Waals surface area contributed by atoms with Crippen LogP contribution in [0, 0.1) is 5.82 Å². The fraction of sp³-hybridized carbons (Fsp3) is 0.200. The quantitative estimate of drug-likeness (QED) is 0.833. The first-order valence-electron chi connectivity index (χ1n) is 6.12. The van der Waals surface area contributed by atoms with Crippen molar-refractivity contribution in [3.63, 3.8) is 0 Å². The van der Waals surface area contributed by atoms with Crippen molar-refractivity contribution in [1.82, 2.24) is 0 Å². The van der Waals surface area contributed by atoms with Crippen LogP contribution in [0.15, 0.2) is 42.5 Å². The maximum absolute atomic E-state index is 13.3. The predicted molar refractivity (Wildman–Crippen MR) is 74.3 cm³/mol. The van der Waals surface area contributed by atoms with E-state index in [-0.39, 0.29) is 18.0 Å². The first kappa shape index (κ1) is 12.3. The zero-order chi connectivity index (χ0) is 13.4. The largest absolute Gasteiger partial charge is 0.481 e. The molecule has 0 spiro atoms. The summed E-state index contributed by atoms with van der Waals surface area (Å²) in [6, 6.07) is 12.0. The Morgan fingerprint density at radius 2 is 2.05 bits per heavy atom.